The Bertz CT molecular complexity index is 501. The highest BCUT2D eigenvalue weighted by atomic mass is 35.5. The molecule has 0 aliphatic carbocycles. The van der Waals surface area contributed by atoms with Crippen LogP contribution in [0.3, 0.4) is 0 Å². The maximum absolute atomic E-state index is 12.4. The van der Waals surface area contributed by atoms with E-state index in [4.69, 9.17) is 39.9 Å². The van der Waals surface area contributed by atoms with Crippen LogP contribution >= 0.6 is 53.5 Å². The zero-order valence-corrected chi connectivity index (χ0v) is 15.0. The predicted molar refractivity (Wildman–Crippen MR) is 93.2 cm³/mol. The van der Waals surface area contributed by atoms with Crippen molar-refractivity contribution in [3.63, 3.8) is 0 Å². The number of hydrogen-bond acceptors (Lipinski definition) is 4. The Morgan fingerprint density at radius 3 is 2.45 bits per heavy atom. The Balaban J connectivity index is 2.72. The highest BCUT2D eigenvalue weighted by molar-refractivity contribution is 8.56. The van der Waals surface area contributed by atoms with Crippen molar-refractivity contribution in [3.05, 3.63) is 28.2 Å². The molecule has 4 nitrogen and oxygen atoms in total. The third-order valence-corrected chi connectivity index (χ3v) is 6.83. The standard InChI is InChI=1S/C11H15Cl2N2O2PS2/c1-3-17-18(16,20-4-2)15-11(19)14-10-6-8(12)5-9(13)7-10/h5-7H,3-4H2,1-2H3,(H2,14,15,16,19). The van der Waals surface area contributed by atoms with Crippen LogP contribution in [0.5, 0.6) is 0 Å². The molecule has 1 rings (SSSR count). The second-order valence-corrected chi connectivity index (χ2v) is 9.37. The summed E-state index contributed by atoms with van der Waals surface area (Å²) >= 11 is 18.1. The molecule has 9 heteroatoms. The van der Waals surface area contributed by atoms with Gasteiger partial charge in [0.1, 0.15) is 0 Å². The van der Waals surface area contributed by atoms with E-state index < -0.39 is 6.72 Å². The van der Waals surface area contributed by atoms with E-state index in [1.165, 1.54) is 11.4 Å². The molecule has 112 valence electrons. The normalized spacial score (nSPS) is 13.6. The molecule has 2 N–H and O–H groups in total. The first-order chi connectivity index (χ1) is 9.38. The van der Waals surface area contributed by atoms with Gasteiger partial charge < -0.3 is 9.84 Å². The molecule has 20 heavy (non-hydrogen) atoms. The SMILES string of the molecule is CCOP(=O)(NC(=S)Nc1cc(Cl)cc(Cl)c1)SCC. The van der Waals surface area contributed by atoms with Crippen LogP contribution in [0, 0.1) is 0 Å². The van der Waals surface area contributed by atoms with Gasteiger partial charge in [-0.15, -0.1) is 0 Å². The van der Waals surface area contributed by atoms with Crippen molar-refractivity contribution < 1.29 is 9.09 Å². The van der Waals surface area contributed by atoms with Crippen molar-refractivity contribution in [3.8, 4) is 0 Å². The number of anilines is 1. The minimum atomic E-state index is -3.04. The van der Waals surface area contributed by atoms with Gasteiger partial charge in [0.25, 0.3) is 0 Å². The van der Waals surface area contributed by atoms with Gasteiger partial charge >= 0.3 is 6.72 Å². The third-order valence-electron chi connectivity index (χ3n) is 1.96. The monoisotopic (exact) mass is 372 g/mol. The van der Waals surface area contributed by atoms with Crippen LogP contribution in [0.15, 0.2) is 18.2 Å². The number of nitrogens with one attached hydrogen (secondary N) is 2. The van der Waals surface area contributed by atoms with E-state index in [1.807, 2.05) is 6.92 Å². The Kier molecular flexibility index (Phi) is 7.65. The summed E-state index contributed by atoms with van der Waals surface area (Å²) in [6.07, 6.45) is 0. The molecule has 0 aromatic heterocycles. The van der Waals surface area contributed by atoms with Gasteiger partial charge in [0.15, 0.2) is 5.11 Å². The second kappa shape index (κ2) is 8.47. The Labute approximate surface area is 138 Å². The predicted octanol–water partition coefficient (Wildman–Crippen LogP) is 5.18. The van der Waals surface area contributed by atoms with Crippen LogP contribution in [-0.4, -0.2) is 17.5 Å². The van der Waals surface area contributed by atoms with Crippen LogP contribution in [0.25, 0.3) is 0 Å². The van der Waals surface area contributed by atoms with Crippen LogP contribution in [0.1, 0.15) is 13.8 Å². The second-order valence-electron chi connectivity index (χ2n) is 3.56. The van der Waals surface area contributed by atoms with Gasteiger partial charge in [0.05, 0.1) is 6.61 Å². The summed E-state index contributed by atoms with van der Waals surface area (Å²) in [5.74, 6) is 0.649. The van der Waals surface area contributed by atoms with Crippen molar-refractivity contribution in [2.45, 2.75) is 13.8 Å². The van der Waals surface area contributed by atoms with Gasteiger partial charge in [-0.25, -0.2) is 0 Å². The van der Waals surface area contributed by atoms with Crippen LogP contribution in [0.2, 0.25) is 10.0 Å². The van der Waals surface area contributed by atoms with Gasteiger partial charge in [0.2, 0.25) is 0 Å². The molecule has 1 aromatic rings. The fourth-order valence-electron chi connectivity index (χ4n) is 1.35. The highest BCUT2D eigenvalue weighted by Crippen LogP contribution is 2.55. The first kappa shape index (κ1) is 18.1. The number of hydrogen-bond donors (Lipinski definition) is 2. The van der Waals surface area contributed by atoms with Crippen molar-refractivity contribution in [1.82, 2.24) is 5.09 Å². The number of benzene rings is 1. The van der Waals surface area contributed by atoms with Crippen molar-refractivity contribution in [2.75, 3.05) is 17.7 Å². The molecule has 0 saturated heterocycles. The summed E-state index contributed by atoms with van der Waals surface area (Å²) in [5, 5.41) is 6.76. The lowest BCUT2D eigenvalue weighted by Crippen LogP contribution is -2.25. The summed E-state index contributed by atoms with van der Waals surface area (Å²) in [6.45, 7) is 0.967. The number of thiocarbonyl (C=S) groups is 1. The third kappa shape index (κ3) is 6.20. The number of rotatable bonds is 6. The average molecular weight is 373 g/mol. The minimum Gasteiger partial charge on any atom is -0.332 e. The number of halogens is 2. The molecule has 0 spiro atoms. The maximum Gasteiger partial charge on any atom is 0.352 e. The first-order valence-corrected chi connectivity index (χ1v) is 10.2. The molecule has 1 aromatic carbocycles. The molecule has 0 aliphatic rings. The van der Waals surface area contributed by atoms with Gasteiger partial charge in [0, 0.05) is 21.5 Å². The summed E-state index contributed by atoms with van der Waals surface area (Å²) < 4.78 is 17.7. The fraction of sp³-hybridized carbons (Fsp3) is 0.364. The maximum atomic E-state index is 12.4. The fourth-order valence-corrected chi connectivity index (χ4v) is 5.74. The van der Waals surface area contributed by atoms with Gasteiger partial charge in [-0.1, -0.05) is 30.1 Å². The molecule has 0 heterocycles. The van der Waals surface area contributed by atoms with Crippen LogP contribution < -0.4 is 10.4 Å². The minimum absolute atomic E-state index is 0.195. The molecule has 0 aliphatic heterocycles. The van der Waals surface area contributed by atoms with E-state index in [-0.39, 0.29) is 5.11 Å². The molecule has 0 fully saturated rings. The zero-order chi connectivity index (χ0) is 15.2. The summed E-state index contributed by atoms with van der Waals surface area (Å²) in [5.41, 5.74) is 0.615. The van der Waals surface area contributed by atoms with E-state index in [9.17, 15) is 4.57 Å². The quantitative estimate of drug-likeness (QED) is 0.530. The molecule has 0 bridgehead atoms. The largest absolute Gasteiger partial charge is 0.352 e. The molecular formula is C11H15Cl2N2O2PS2. The van der Waals surface area contributed by atoms with E-state index in [0.717, 1.165) is 0 Å². The Morgan fingerprint density at radius 2 is 1.95 bits per heavy atom. The van der Waals surface area contributed by atoms with Crippen LogP contribution in [-0.2, 0) is 9.09 Å². The molecule has 0 saturated carbocycles. The molecule has 1 unspecified atom stereocenters. The molecule has 1 atom stereocenters. The van der Waals surface area contributed by atoms with Crippen molar-refractivity contribution >= 4 is 64.3 Å². The van der Waals surface area contributed by atoms with Gasteiger partial charge in [-0.05, 0) is 48.7 Å². The van der Waals surface area contributed by atoms with E-state index in [2.05, 4.69) is 10.4 Å². The smallest absolute Gasteiger partial charge is 0.332 e. The van der Waals surface area contributed by atoms with E-state index >= 15 is 0 Å². The molecular weight excluding hydrogens is 358 g/mol. The lowest BCUT2D eigenvalue weighted by Gasteiger charge is -2.19. The Morgan fingerprint density at radius 1 is 1.35 bits per heavy atom. The van der Waals surface area contributed by atoms with E-state index in [1.54, 1.807) is 25.1 Å². The Hall–Kier alpha value is 0.0300. The van der Waals surface area contributed by atoms with Crippen molar-refractivity contribution in [2.24, 2.45) is 0 Å². The topological polar surface area (TPSA) is 50.4 Å². The van der Waals surface area contributed by atoms with Crippen LogP contribution in [0.4, 0.5) is 5.69 Å². The lowest BCUT2D eigenvalue weighted by atomic mass is 10.3. The average Bonchev–Trinajstić information content (AvgIpc) is 2.26. The lowest BCUT2D eigenvalue weighted by molar-refractivity contribution is 0.343. The first-order valence-electron chi connectivity index (χ1n) is 5.83. The zero-order valence-electron chi connectivity index (χ0n) is 11.0. The summed E-state index contributed by atoms with van der Waals surface area (Å²) in [4.78, 5) is 0. The summed E-state index contributed by atoms with van der Waals surface area (Å²) in [7, 11) is 0. The summed E-state index contributed by atoms with van der Waals surface area (Å²) in [6, 6.07) is 4.95. The molecule has 0 amide bonds. The highest BCUT2D eigenvalue weighted by Gasteiger charge is 2.23. The van der Waals surface area contributed by atoms with E-state index in [0.29, 0.717) is 28.1 Å². The van der Waals surface area contributed by atoms with Gasteiger partial charge in [-0.3, -0.25) is 9.65 Å². The molecule has 0 radical (unpaired) electrons. The van der Waals surface area contributed by atoms with Crippen molar-refractivity contribution in [1.29, 1.82) is 0 Å². The van der Waals surface area contributed by atoms with Gasteiger partial charge in [-0.2, -0.15) is 0 Å².